The Kier molecular flexibility index (Phi) is 4.69. The minimum atomic E-state index is -1.06. The van der Waals surface area contributed by atoms with Crippen LogP contribution in [0.1, 0.15) is 20.8 Å². The van der Waals surface area contributed by atoms with Gasteiger partial charge in [-0.25, -0.2) is 8.78 Å². The lowest BCUT2D eigenvalue weighted by Gasteiger charge is -2.06. The largest absolute Gasteiger partial charge is 0.322 e. The van der Waals surface area contributed by atoms with Crippen LogP contribution in [0.2, 0.25) is 0 Å². The van der Waals surface area contributed by atoms with Gasteiger partial charge in [-0.3, -0.25) is 4.79 Å². The van der Waals surface area contributed by atoms with E-state index in [2.05, 4.69) is 17.2 Å². The molecule has 0 saturated carbocycles. The summed E-state index contributed by atoms with van der Waals surface area (Å²) in [5.74, 6) is 3.49. The molecule has 1 amide bonds. The van der Waals surface area contributed by atoms with Crippen molar-refractivity contribution < 1.29 is 13.6 Å². The average Bonchev–Trinajstić information content (AvgIpc) is 3.09. The van der Waals surface area contributed by atoms with E-state index < -0.39 is 17.5 Å². The Morgan fingerprint density at radius 2 is 1.83 bits per heavy atom. The number of hydrogen-bond acceptors (Lipinski definition) is 2. The molecule has 0 aliphatic heterocycles. The molecule has 1 N–H and O–H groups in total. The second-order valence-corrected chi connectivity index (χ2v) is 5.84. The lowest BCUT2D eigenvalue weighted by molar-refractivity contribution is 0.102. The molecule has 0 aliphatic carbocycles. The number of hydrogen-bond donors (Lipinski definition) is 1. The van der Waals surface area contributed by atoms with E-state index in [1.54, 1.807) is 29.5 Å². The summed E-state index contributed by atoms with van der Waals surface area (Å²) in [5, 5.41) is 4.59. The number of amides is 1. The first-order chi connectivity index (χ1) is 11.6. The Bertz CT molecular complexity index is 939. The summed E-state index contributed by atoms with van der Waals surface area (Å²) in [4.78, 5) is 13.0. The second kappa shape index (κ2) is 7.07. The molecule has 3 rings (SSSR count). The molecule has 3 aromatic rings. The smallest absolute Gasteiger partial charge is 0.255 e. The van der Waals surface area contributed by atoms with Crippen molar-refractivity contribution >= 4 is 22.9 Å². The van der Waals surface area contributed by atoms with Gasteiger partial charge in [-0.1, -0.05) is 24.0 Å². The standard InChI is InChI=1S/C19H11F2NOS/c20-17-9-7-14(12-18(17)21)19(23)22-15-4-1-3-13(11-15)6-8-16-5-2-10-24-16/h1-5,7,9-12H,(H,22,23). The van der Waals surface area contributed by atoms with Crippen LogP contribution in [-0.4, -0.2) is 5.91 Å². The summed E-state index contributed by atoms with van der Waals surface area (Å²) in [7, 11) is 0. The zero-order valence-corrected chi connectivity index (χ0v) is 13.2. The van der Waals surface area contributed by atoms with Gasteiger partial charge in [0.1, 0.15) is 0 Å². The number of carbonyl (C=O) groups is 1. The first kappa shape index (κ1) is 15.9. The number of benzene rings is 2. The molecular weight excluding hydrogens is 328 g/mol. The predicted molar refractivity (Wildman–Crippen MR) is 91.1 cm³/mol. The fraction of sp³-hybridized carbons (Fsp3) is 0. The number of nitrogens with one attached hydrogen (secondary N) is 1. The van der Waals surface area contributed by atoms with Crippen LogP contribution in [0.25, 0.3) is 0 Å². The molecule has 0 bridgehead atoms. The molecule has 0 saturated heterocycles. The minimum absolute atomic E-state index is 0.0453. The molecule has 5 heteroatoms. The van der Waals surface area contributed by atoms with Crippen LogP contribution < -0.4 is 5.32 Å². The average molecular weight is 339 g/mol. The second-order valence-electron chi connectivity index (χ2n) is 4.89. The van der Waals surface area contributed by atoms with Crippen molar-refractivity contribution in [3.63, 3.8) is 0 Å². The molecule has 0 fully saturated rings. The van der Waals surface area contributed by atoms with Crippen molar-refractivity contribution in [3.8, 4) is 11.8 Å². The zero-order valence-electron chi connectivity index (χ0n) is 12.3. The third kappa shape index (κ3) is 3.86. The number of rotatable bonds is 2. The highest BCUT2D eigenvalue weighted by molar-refractivity contribution is 7.10. The monoisotopic (exact) mass is 339 g/mol. The lowest BCUT2D eigenvalue weighted by Crippen LogP contribution is -2.12. The summed E-state index contributed by atoms with van der Waals surface area (Å²) in [5.41, 5.74) is 1.32. The lowest BCUT2D eigenvalue weighted by atomic mass is 10.1. The number of halogens is 2. The molecule has 24 heavy (non-hydrogen) atoms. The van der Waals surface area contributed by atoms with E-state index in [-0.39, 0.29) is 5.56 Å². The molecular formula is C19H11F2NOS. The van der Waals surface area contributed by atoms with E-state index in [9.17, 15) is 13.6 Å². The van der Waals surface area contributed by atoms with E-state index in [4.69, 9.17) is 0 Å². The van der Waals surface area contributed by atoms with Crippen LogP contribution >= 0.6 is 11.3 Å². The van der Waals surface area contributed by atoms with Crippen molar-refractivity contribution in [1.82, 2.24) is 0 Å². The molecule has 0 spiro atoms. The van der Waals surface area contributed by atoms with E-state index in [0.717, 1.165) is 22.6 Å². The maximum absolute atomic E-state index is 13.2. The van der Waals surface area contributed by atoms with E-state index >= 15 is 0 Å². The van der Waals surface area contributed by atoms with Crippen LogP contribution in [0.5, 0.6) is 0 Å². The third-order valence-electron chi connectivity index (χ3n) is 3.15. The maximum Gasteiger partial charge on any atom is 0.255 e. The molecule has 2 nitrogen and oxygen atoms in total. The molecule has 0 aliphatic rings. The van der Waals surface area contributed by atoms with Gasteiger partial charge in [-0.15, -0.1) is 11.3 Å². The summed E-state index contributed by atoms with van der Waals surface area (Å²) in [6, 6.07) is 13.9. The van der Waals surface area contributed by atoms with Gasteiger partial charge < -0.3 is 5.32 Å². The maximum atomic E-state index is 13.2. The highest BCUT2D eigenvalue weighted by Gasteiger charge is 2.10. The first-order valence-electron chi connectivity index (χ1n) is 7.04. The van der Waals surface area contributed by atoms with Gasteiger partial charge in [0.05, 0.1) is 4.88 Å². The van der Waals surface area contributed by atoms with Gasteiger partial charge in [-0.05, 0) is 47.8 Å². The topological polar surface area (TPSA) is 29.1 Å². The SMILES string of the molecule is O=C(Nc1cccc(C#Cc2cccs2)c1)c1ccc(F)c(F)c1. The Labute approximate surface area is 141 Å². The highest BCUT2D eigenvalue weighted by Crippen LogP contribution is 2.14. The first-order valence-corrected chi connectivity index (χ1v) is 7.92. The van der Waals surface area contributed by atoms with Gasteiger partial charge in [0.2, 0.25) is 0 Å². The van der Waals surface area contributed by atoms with E-state index in [1.165, 1.54) is 6.07 Å². The fourth-order valence-electron chi connectivity index (χ4n) is 2.00. The van der Waals surface area contributed by atoms with Gasteiger partial charge >= 0.3 is 0 Å². The fourth-order valence-corrected chi connectivity index (χ4v) is 2.57. The van der Waals surface area contributed by atoms with E-state index in [0.29, 0.717) is 5.69 Å². The molecule has 1 aromatic heterocycles. The molecule has 2 aromatic carbocycles. The number of thiophene rings is 1. The van der Waals surface area contributed by atoms with Crippen molar-refractivity contribution in [3.05, 3.63) is 87.6 Å². The summed E-state index contributed by atoms with van der Waals surface area (Å²) in [6.45, 7) is 0. The molecule has 0 atom stereocenters. The quantitative estimate of drug-likeness (QED) is 0.675. The van der Waals surface area contributed by atoms with Gasteiger partial charge in [0, 0.05) is 16.8 Å². The van der Waals surface area contributed by atoms with Gasteiger partial charge in [0.25, 0.3) is 5.91 Å². The van der Waals surface area contributed by atoms with Crippen LogP contribution in [0.15, 0.2) is 60.0 Å². The van der Waals surface area contributed by atoms with Crippen molar-refractivity contribution in [2.75, 3.05) is 5.32 Å². The molecule has 1 heterocycles. The Morgan fingerprint density at radius 3 is 2.58 bits per heavy atom. The normalized spacial score (nSPS) is 9.92. The Morgan fingerprint density at radius 1 is 0.958 bits per heavy atom. The number of anilines is 1. The highest BCUT2D eigenvalue weighted by atomic mass is 32.1. The summed E-state index contributed by atoms with van der Waals surface area (Å²) in [6.07, 6.45) is 0. The van der Waals surface area contributed by atoms with Gasteiger partial charge in [0.15, 0.2) is 11.6 Å². The molecule has 0 radical (unpaired) electrons. The predicted octanol–water partition coefficient (Wildman–Crippen LogP) is 4.68. The van der Waals surface area contributed by atoms with E-state index in [1.807, 2.05) is 23.6 Å². The van der Waals surface area contributed by atoms with Crippen LogP contribution in [0.3, 0.4) is 0 Å². The summed E-state index contributed by atoms with van der Waals surface area (Å²) >= 11 is 1.55. The Balaban J connectivity index is 1.76. The molecule has 118 valence electrons. The molecule has 0 unspecified atom stereocenters. The summed E-state index contributed by atoms with van der Waals surface area (Å²) < 4.78 is 26.1. The third-order valence-corrected chi connectivity index (χ3v) is 3.94. The Hall–Kier alpha value is -2.97. The number of carbonyl (C=O) groups excluding carboxylic acids is 1. The van der Waals surface area contributed by atoms with Gasteiger partial charge in [-0.2, -0.15) is 0 Å². The van der Waals surface area contributed by atoms with Crippen molar-refractivity contribution in [2.24, 2.45) is 0 Å². The van der Waals surface area contributed by atoms with Crippen molar-refractivity contribution in [2.45, 2.75) is 0 Å². The van der Waals surface area contributed by atoms with Crippen LogP contribution in [0, 0.1) is 23.5 Å². The van der Waals surface area contributed by atoms with Crippen molar-refractivity contribution in [1.29, 1.82) is 0 Å². The zero-order chi connectivity index (χ0) is 16.9. The van der Waals surface area contributed by atoms with Crippen LogP contribution in [0.4, 0.5) is 14.5 Å². The van der Waals surface area contributed by atoms with Crippen LogP contribution in [-0.2, 0) is 0 Å². The minimum Gasteiger partial charge on any atom is -0.322 e.